The summed E-state index contributed by atoms with van der Waals surface area (Å²) < 4.78 is 5.49. The molecule has 0 saturated carbocycles. The molecule has 3 nitrogen and oxygen atoms in total. The quantitative estimate of drug-likeness (QED) is 0.854. The van der Waals surface area contributed by atoms with Crippen LogP contribution in [-0.4, -0.2) is 19.9 Å². The summed E-state index contributed by atoms with van der Waals surface area (Å²) in [6.07, 6.45) is 1.14. The molecule has 1 fully saturated rings. The zero-order valence-electron chi connectivity index (χ0n) is 9.89. The summed E-state index contributed by atoms with van der Waals surface area (Å²) in [6, 6.07) is 14.8. The van der Waals surface area contributed by atoms with Crippen molar-refractivity contribution in [2.24, 2.45) is 0 Å². The summed E-state index contributed by atoms with van der Waals surface area (Å²) in [5.74, 6) is 0. The summed E-state index contributed by atoms with van der Waals surface area (Å²) in [5, 5.41) is 4.64. The van der Waals surface area contributed by atoms with E-state index >= 15 is 0 Å². The van der Waals surface area contributed by atoms with Crippen molar-refractivity contribution in [3.05, 3.63) is 42.5 Å². The number of rotatable bonds is 2. The Morgan fingerprint density at radius 2 is 2.00 bits per heavy atom. The SMILES string of the molecule is COC1CCNN1c1cccc2ccccc12. The van der Waals surface area contributed by atoms with Crippen LogP contribution < -0.4 is 10.4 Å². The summed E-state index contributed by atoms with van der Waals surface area (Å²) in [7, 11) is 1.76. The Morgan fingerprint density at radius 1 is 1.18 bits per heavy atom. The Bertz CT molecular complexity index is 521. The van der Waals surface area contributed by atoms with Crippen LogP contribution in [-0.2, 0) is 4.74 Å². The second-order valence-electron chi connectivity index (χ2n) is 4.26. The largest absolute Gasteiger partial charge is 0.360 e. The van der Waals surface area contributed by atoms with Crippen LogP contribution in [0.2, 0.25) is 0 Å². The molecule has 17 heavy (non-hydrogen) atoms. The number of benzene rings is 2. The average molecular weight is 228 g/mol. The number of ether oxygens (including phenoxy) is 1. The fourth-order valence-corrected chi connectivity index (χ4v) is 2.42. The second-order valence-corrected chi connectivity index (χ2v) is 4.26. The highest BCUT2D eigenvalue weighted by Crippen LogP contribution is 2.29. The van der Waals surface area contributed by atoms with Gasteiger partial charge in [-0.1, -0.05) is 36.4 Å². The lowest BCUT2D eigenvalue weighted by Gasteiger charge is -2.26. The van der Waals surface area contributed by atoms with Crippen molar-refractivity contribution < 1.29 is 4.74 Å². The van der Waals surface area contributed by atoms with Gasteiger partial charge in [-0.2, -0.15) is 0 Å². The van der Waals surface area contributed by atoms with Crippen LogP contribution in [0.15, 0.2) is 42.5 Å². The molecule has 0 aromatic heterocycles. The Labute approximate surface area is 101 Å². The number of methoxy groups -OCH3 is 1. The first kappa shape index (κ1) is 10.6. The van der Waals surface area contributed by atoms with Gasteiger partial charge in [0.1, 0.15) is 6.23 Å². The lowest BCUT2D eigenvalue weighted by atomic mass is 10.1. The summed E-state index contributed by atoms with van der Waals surface area (Å²) in [6.45, 7) is 0.960. The van der Waals surface area contributed by atoms with E-state index in [9.17, 15) is 0 Å². The molecule has 2 aromatic rings. The second kappa shape index (κ2) is 4.35. The van der Waals surface area contributed by atoms with E-state index < -0.39 is 0 Å². The third kappa shape index (κ3) is 1.77. The number of nitrogens with one attached hydrogen (secondary N) is 1. The maximum atomic E-state index is 5.49. The highest BCUT2D eigenvalue weighted by Gasteiger charge is 2.25. The average Bonchev–Trinajstić information content (AvgIpc) is 2.86. The molecule has 0 aliphatic carbocycles. The molecule has 1 heterocycles. The van der Waals surface area contributed by atoms with Gasteiger partial charge in [-0.15, -0.1) is 0 Å². The van der Waals surface area contributed by atoms with Gasteiger partial charge in [0.15, 0.2) is 0 Å². The van der Waals surface area contributed by atoms with Crippen molar-refractivity contribution >= 4 is 16.5 Å². The minimum Gasteiger partial charge on any atom is -0.360 e. The Balaban J connectivity index is 2.10. The molecule has 1 aliphatic heterocycles. The van der Waals surface area contributed by atoms with Crippen LogP contribution in [0.1, 0.15) is 6.42 Å². The summed E-state index contributed by atoms with van der Waals surface area (Å²) in [4.78, 5) is 0. The molecular formula is C14H16N2O. The molecule has 1 aliphatic rings. The van der Waals surface area contributed by atoms with Gasteiger partial charge in [-0.05, 0) is 11.5 Å². The fraction of sp³-hybridized carbons (Fsp3) is 0.286. The van der Waals surface area contributed by atoms with Gasteiger partial charge >= 0.3 is 0 Å². The highest BCUT2D eigenvalue weighted by atomic mass is 16.5. The molecule has 0 spiro atoms. The van der Waals surface area contributed by atoms with Crippen LogP contribution in [0.25, 0.3) is 10.8 Å². The zero-order chi connectivity index (χ0) is 11.7. The minimum absolute atomic E-state index is 0.126. The van der Waals surface area contributed by atoms with E-state index in [-0.39, 0.29) is 6.23 Å². The first-order chi connectivity index (χ1) is 8.40. The van der Waals surface area contributed by atoms with Crippen molar-refractivity contribution in [1.82, 2.24) is 5.43 Å². The van der Waals surface area contributed by atoms with E-state index in [4.69, 9.17) is 4.74 Å². The third-order valence-electron chi connectivity index (χ3n) is 3.26. The number of fused-ring (bicyclic) bond motifs is 1. The Morgan fingerprint density at radius 3 is 2.88 bits per heavy atom. The van der Waals surface area contributed by atoms with Crippen LogP contribution in [0, 0.1) is 0 Å². The molecular weight excluding hydrogens is 212 g/mol. The van der Waals surface area contributed by atoms with Gasteiger partial charge in [0.25, 0.3) is 0 Å². The fourth-order valence-electron chi connectivity index (χ4n) is 2.42. The van der Waals surface area contributed by atoms with E-state index in [0.717, 1.165) is 13.0 Å². The smallest absolute Gasteiger partial charge is 0.145 e. The molecule has 88 valence electrons. The maximum absolute atomic E-state index is 5.49. The van der Waals surface area contributed by atoms with E-state index in [2.05, 4.69) is 52.9 Å². The molecule has 1 atom stereocenters. The number of hydrazine groups is 1. The standard InChI is InChI=1S/C14H16N2O/c1-17-14-9-10-15-16(14)13-8-4-6-11-5-2-3-7-12(11)13/h2-8,14-15H,9-10H2,1H3. The van der Waals surface area contributed by atoms with Gasteiger partial charge in [0, 0.05) is 25.5 Å². The topological polar surface area (TPSA) is 24.5 Å². The third-order valence-corrected chi connectivity index (χ3v) is 3.26. The lowest BCUT2D eigenvalue weighted by molar-refractivity contribution is 0.110. The lowest BCUT2D eigenvalue weighted by Crippen LogP contribution is -2.38. The number of anilines is 1. The first-order valence-electron chi connectivity index (χ1n) is 5.93. The maximum Gasteiger partial charge on any atom is 0.145 e. The van der Waals surface area contributed by atoms with Gasteiger partial charge in [0.05, 0.1) is 5.69 Å². The molecule has 2 aromatic carbocycles. The Kier molecular flexibility index (Phi) is 2.71. The van der Waals surface area contributed by atoms with Gasteiger partial charge < -0.3 is 4.74 Å². The molecule has 1 unspecified atom stereocenters. The first-order valence-corrected chi connectivity index (χ1v) is 5.93. The van der Waals surface area contributed by atoms with Gasteiger partial charge in [-0.3, -0.25) is 5.01 Å². The molecule has 0 radical (unpaired) electrons. The minimum atomic E-state index is 0.126. The molecule has 0 bridgehead atoms. The predicted octanol–water partition coefficient (Wildman–Crippen LogP) is 2.53. The molecule has 3 heteroatoms. The van der Waals surface area contributed by atoms with E-state index in [1.165, 1.54) is 16.5 Å². The van der Waals surface area contributed by atoms with Crippen molar-refractivity contribution in [1.29, 1.82) is 0 Å². The number of nitrogens with zero attached hydrogens (tertiary/aromatic N) is 1. The van der Waals surface area contributed by atoms with Crippen LogP contribution >= 0.6 is 0 Å². The molecule has 0 amide bonds. The van der Waals surface area contributed by atoms with Crippen LogP contribution in [0.3, 0.4) is 0 Å². The van der Waals surface area contributed by atoms with Crippen molar-refractivity contribution in [2.75, 3.05) is 18.7 Å². The number of hydrogen-bond acceptors (Lipinski definition) is 3. The summed E-state index contributed by atoms with van der Waals surface area (Å²) >= 11 is 0. The van der Waals surface area contributed by atoms with Crippen molar-refractivity contribution in [3.8, 4) is 0 Å². The van der Waals surface area contributed by atoms with Gasteiger partial charge in [-0.25, -0.2) is 5.43 Å². The Hall–Kier alpha value is -1.58. The zero-order valence-corrected chi connectivity index (χ0v) is 9.89. The van der Waals surface area contributed by atoms with E-state index in [1.54, 1.807) is 7.11 Å². The van der Waals surface area contributed by atoms with E-state index in [0.29, 0.717) is 0 Å². The molecule has 1 N–H and O–H groups in total. The normalized spacial score (nSPS) is 20.1. The van der Waals surface area contributed by atoms with Crippen molar-refractivity contribution in [3.63, 3.8) is 0 Å². The monoisotopic (exact) mass is 228 g/mol. The van der Waals surface area contributed by atoms with Crippen LogP contribution in [0.4, 0.5) is 5.69 Å². The van der Waals surface area contributed by atoms with Gasteiger partial charge in [0.2, 0.25) is 0 Å². The molecule has 3 rings (SSSR count). The molecule has 1 saturated heterocycles. The number of hydrogen-bond donors (Lipinski definition) is 1. The van der Waals surface area contributed by atoms with E-state index in [1.807, 2.05) is 0 Å². The van der Waals surface area contributed by atoms with Crippen LogP contribution in [0.5, 0.6) is 0 Å². The summed E-state index contributed by atoms with van der Waals surface area (Å²) in [5.41, 5.74) is 4.56. The predicted molar refractivity (Wildman–Crippen MR) is 69.8 cm³/mol. The highest BCUT2D eigenvalue weighted by molar-refractivity contribution is 5.94. The van der Waals surface area contributed by atoms with Crippen molar-refractivity contribution in [2.45, 2.75) is 12.6 Å².